The van der Waals surface area contributed by atoms with E-state index in [0.29, 0.717) is 16.3 Å². The van der Waals surface area contributed by atoms with E-state index in [2.05, 4.69) is 9.82 Å². The van der Waals surface area contributed by atoms with Crippen LogP contribution < -0.4 is 10.5 Å². The summed E-state index contributed by atoms with van der Waals surface area (Å²) in [5, 5.41) is 5.78. The van der Waals surface area contributed by atoms with E-state index in [0.717, 1.165) is 0 Å². The van der Waals surface area contributed by atoms with Gasteiger partial charge in [-0.1, -0.05) is 0 Å². The number of aromatic nitrogens is 2. The predicted molar refractivity (Wildman–Crippen MR) is 71.0 cm³/mol. The lowest BCUT2D eigenvalue weighted by Crippen LogP contribution is -2.16. The third kappa shape index (κ3) is 2.40. The molecule has 2 aromatic rings. The Morgan fingerprint density at radius 3 is 2.83 bits per heavy atom. The summed E-state index contributed by atoms with van der Waals surface area (Å²) < 4.78 is 28.5. The average molecular weight is 286 g/mol. The van der Waals surface area contributed by atoms with E-state index in [1.165, 1.54) is 16.0 Å². The van der Waals surface area contributed by atoms with Gasteiger partial charge in [-0.2, -0.15) is 5.10 Å². The van der Waals surface area contributed by atoms with Gasteiger partial charge in [0.2, 0.25) is 0 Å². The number of sulfonamides is 1. The van der Waals surface area contributed by atoms with Crippen LogP contribution in [0.25, 0.3) is 0 Å². The third-order valence-electron chi connectivity index (χ3n) is 2.40. The van der Waals surface area contributed by atoms with Gasteiger partial charge in [-0.3, -0.25) is 9.40 Å². The summed E-state index contributed by atoms with van der Waals surface area (Å²) in [6.07, 6.45) is 1.67. The maximum absolute atomic E-state index is 12.3. The summed E-state index contributed by atoms with van der Waals surface area (Å²) >= 11 is 1.35. The first kappa shape index (κ1) is 13.1. The van der Waals surface area contributed by atoms with Crippen molar-refractivity contribution < 1.29 is 8.42 Å². The van der Waals surface area contributed by atoms with Gasteiger partial charge in [-0.25, -0.2) is 8.42 Å². The molecule has 2 aromatic heterocycles. The summed E-state index contributed by atoms with van der Waals surface area (Å²) in [5.41, 5.74) is 6.25. The fourth-order valence-corrected chi connectivity index (χ4v) is 4.35. The van der Waals surface area contributed by atoms with E-state index in [1.807, 2.05) is 0 Å². The molecule has 0 saturated carbocycles. The number of nitrogens with one attached hydrogen (secondary N) is 1. The van der Waals surface area contributed by atoms with Crippen molar-refractivity contribution in [3.8, 4) is 0 Å². The van der Waals surface area contributed by atoms with Gasteiger partial charge in [0.1, 0.15) is 4.90 Å². The zero-order valence-electron chi connectivity index (χ0n) is 10.0. The molecule has 0 aromatic carbocycles. The zero-order valence-corrected chi connectivity index (χ0v) is 11.7. The lowest BCUT2D eigenvalue weighted by atomic mass is 10.3. The number of thiophene rings is 1. The summed E-state index contributed by atoms with van der Waals surface area (Å²) in [5.74, 6) is 0.297. The Kier molecular flexibility index (Phi) is 3.42. The molecule has 8 heteroatoms. The van der Waals surface area contributed by atoms with Gasteiger partial charge in [-0.05, 0) is 17.9 Å². The Balaban J connectivity index is 2.39. The monoisotopic (exact) mass is 286 g/mol. The second kappa shape index (κ2) is 4.71. The molecule has 0 fully saturated rings. The number of anilines is 1. The minimum atomic E-state index is -3.63. The Morgan fingerprint density at radius 1 is 1.56 bits per heavy atom. The fraction of sp³-hybridized carbons (Fsp3) is 0.300. The number of hydrogen-bond donors (Lipinski definition) is 2. The first-order valence-corrected chi connectivity index (χ1v) is 7.60. The van der Waals surface area contributed by atoms with Gasteiger partial charge in [0.05, 0.1) is 0 Å². The Morgan fingerprint density at radius 2 is 2.28 bits per heavy atom. The highest BCUT2D eigenvalue weighted by atomic mass is 32.2. The quantitative estimate of drug-likeness (QED) is 0.879. The van der Waals surface area contributed by atoms with Crippen molar-refractivity contribution in [1.82, 2.24) is 9.78 Å². The smallest absolute Gasteiger partial charge is 0.264 e. The fourth-order valence-electron chi connectivity index (χ4n) is 1.65. The summed E-state index contributed by atoms with van der Waals surface area (Å²) in [6, 6.07) is 1.60. The summed E-state index contributed by atoms with van der Waals surface area (Å²) in [6.45, 7) is 1.96. The van der Waals surface area contributed by atoms with Crippen molar-refractivity contribution in [2.45, 2.75) is 18.4 Å². The minimum absolute atomic E-state index is 0.205. The van der Waals surface area contributed by atoms with Crippen LogP contribution in [0.1, 0.15) is 10.4 Å². The third-order valence-corrected chi connectivity index (χ3v) is 5.24. The molecule has 0 spiro atoms. The van der Waals surface area contributed by atoms with E-state index >= 15 is 0 Å². The number of nitrogens with zero attached hydrogens (tertiary/aromatic N) is 2. The Hall–Kier alpha value is -1.38. The van der Waals surface area contributed by atoms with Crippen LogP contribution in [0.2, 0.25) is 0 Å². The van der Waals surface area contributed by atoms with Crippen LogP contribution in [0, 0.1) is 6.92 Å². The highest BCUT2D eigenvalue weighted by Gasteiger charge is 2.23. The van der Waals surface area contributed by atoms with Crippen molar-refractivity contribution in [3.05, 3.63) is 28.1 Å². The van der Waals surface area contributed by atoms with Crippen LogP contribution in [0.3, 0.4) is 0 Å². The van der Waals surface area contributed by atoms with Gasteiger partial charge < -0.3 is 5.73 Å². The van der Waals surface area contributed by atoms with Gasteiger partial charge in [-0.15, -0.1) is 11.3 Å². The SMILES string of the molecule is Cc1csc(CN)c1S(=O)(=O)Nc1ccn(C)n1. The van der Waals surface area contributed by atoms with E-state index in [1.54, 1.807) is 31.6 Å². The van der Waals surface area contributed by atoms with Crippen molar-refractivity contribution in [2.24, 2.45) is 12.8 Å². The average Bonchev–Trinajstić information content (AvgIpc) is 2.84. The molecular formula is C10H14N4O2S2. The molecule has 6 nitrogen and oxygen atoms in total. The van der Waals surface area contributed by atoms with Crippen LogP contribution >= 0.6 is 11.3 Å². The van der Waals surface area contributed by atoms with Gasteiger partial charge in [0, 0.05) is 30.7 Å². The molecule has 18 heavy (non-hydrogen) atoms. The molecule has 2 rings (SSSR count). The molecule has 0 aliphatic rings. The molecule has 0 radical (unpaired) electrons. The maximum Gasteiger partial charge on any atom is 0.264 e. The molecule has 0 aliphatic heterocycles. The standard InChI is InChI=1S/C10H14N4O2S2/c1-7-6-17-8(5-11)10(7)18(15,16)13-9-3-4-14(2)12-9/h3-4,6H,5,11H2,1-2H3,(H,12,13). The van der Waals surface area contributed by atoms with E-state index < -0.39 is 10.0 Å². The van der Waals surface area contributed by atoms with Gasteiger partial charge >= 0.3 is 0 Å². The summed E-state index contributed by atoms with van der Waals surface area (Å²) in [4.78, 5) is 0.914. The van der Waals surface area contributed by atoms with Crippen LogP contribution in [0.4, 0.5) is 5.82 Å². The summed E-state index contributed by atoms with van der Waals surface area (Å²) in [7, 11) is -1.90. The molecule has 0 aliphatic carbocycles. The lowest BCUT2D eigenvalue weighted by molar-refractivity contribution is 0.599. The van der Waals surface area contributed by atoms with Gasteiger partial charge in [0.15, 0.2) is 5.82 Å². The van der Waals surface area contributed by atoms with Crippen molar-refractivity contribution in [1.29, 1.82) is 0 Å². The highest BCUT2D eigenvalue weighted by Crippen LogP contribution is 2.27. The number of nitrogens with two attached hydrogens (primary N) is 1. The maximum atomic E-state index is 12.3. The van der Waals surface area contributed by atoms with Crippen LogP contribution in [0.15, 0.2) is 22.5 Å². The van der Waals surface area contributed by atoms with E-state index in [9.17, 15) is 8.42 Å². The van der Waals surface area contributed by atoms with Crippen LogP contribution in [-0.2, 0) is 23.6 Å². The molecule has 0 bridgehead atoms. The molecule has 0 amide bonds. The molecule has 98 valence electrons. The lowest BCUT2D eigenvalue weighted by Gasteiger charge is -2.07. The normalized spacial score (nSPS) is 11.7. The van der Waals surface area contributed by atoms with Crippen molar-refractivity contribution >= 4 is 27.2 Å². The Labute approximate surface area is 109 Å². The molecule has 0 unspecified atom stereocenters. The zero-order chi connectivity index (χ0) is 13.3. The van der Waals surface area contributed by atoms with E-state index in [4.69, 9.17) is 5.73 Å². The first-order valence-electron chi connectivity index (χ1n) is 5.23. The van der Waals surface area contributed by atoms with Crippen molar-refractivity contribution in [3.63, 3.8) is 0 Å². The molecule has 2 heterocycles. The second-order valence-corrected chi connectivity index (χ2v) is 6.44. The Bertz CT molecular complexity index is 657. The topological polar surface area (TPSA) is 90.0 Å². The van der Waals surface area contributed by atoms with Crippen LogP contribution in [0.5, 0.6) is 0 Å². The largest absolute Gasteiger partial charge is 0.326 e. The predicted octanol–water partition coefficient (Wildman–Crippen LogP) is 1.05. The molecular weight excluding hydrogens is 272 g/mol. The molecule has 0 atom stereocenters. The van der Waals surface area contributed by atoms with E-state index in [-0.39, 0.29) is 11.4 Å². The molecule has 0 saturated heterocycles. The molecule has 3 N–H and O–H groups in total. The van der Waals surface area contributed by atoms with Crippen molar-refractivity contribution in [2.75, 3.05) is 4.72 Å². The number of hydrogen-bond acceptors (Lipinski definition) is 5. The van der Waals surface area contributed by atoms with Crippen LogP contribution in [-0.4, -0.2) is 18.2 Å². The number of rotatable bonds is 4. The van der Waals surface area contributed by atoms with Gasteiger partial charge in [0.25, 0.3) is 10.0 Å². The minimum Gasteiger partial charge on any atom is -0.326 e. The highest BCUT2D eigenvalue weighted by molar-refractivity contribution is 7.93. The second-order valence-electron chi connectivity index (χ2n) is 3.86. The number of aryl methyl sites for hydroxylation is 2. The first-order chi connectivity index (χ1) is 8.44.